The summed E-state index contributed by atoms with van der Waals surface area (Å²) in [5.41, 5.74) is 1.33. The number of unbranched alkanes of at least 4 members (excludes halogenated alkanes) is 2. The van der Waals surface area contributed by atoms with E-state index in [1.165, 1.54) is 31.2 Å². The van der Waals surface area contributed by atoms with Crippen LogP contribution in [0.1, 0.15) is 44.3 Å². The molecule has 1 unspecified atom stereocenters. The summed E-state index contributed by atoms with van der Waals surface area (Å²) in [5.74, 6) is 0. The van der Waals surface area contributed by atoms with Gasteiger partial charge < -0.3 is 4.43 Å². The van der Waals surface area contributed by atoms with Crippen molar-refractivity contribution in [3.63, 3.8) is 0 Å². The van der Waals surface area contributed by atoms with Gasteiger partial charge in [-0.25, -0.2) is 0 Å². The smallest absolute Gasteiger partial charge is 0.146 e. The molecule has 14 heavy (non-hydrogen) atoms. The van der Waals surface area contributed by atoms with Crippen LogP contribution in [0.15, 0.2) is 30.3 Å². The second-order valence-corrected chi connectivity index (χ2v) is 4.10. The van der Waals surface area contributed by atoms with Gasteiger partial charge in [-0.15, -0.1) is 0 Å². The van der Waals surface area contributed by atoms with Crippen LogP contribution in [-0.4, -0.2) is 10.5 Å². The van der Waals surface area contributed by atoms with Crippen LogP contribution in [-0.2, 0) is 4.43 Å². The zero-order valence-corrected chi connectivity index (χ0v) is 11.2. The molecule has 2 heteroatoms. The molecule has 0 saturated heterocycles. The van der Waals surface area contributed by atoms with Crippen LogP contribution in [0.5, 0.6) is 0 Å². The molecule has 78 valence electrons. The van der Waals surface area contributed by atoms with Gasteiger partial charge in [-0.1, -0.05) is 56.5 Å². The first kappa shape index (κ1) is 11.5. The number of rotatable bonds is 6. The van der Waals surface area contributed by atoms with Crippen LogP contribution < -0.4 is 0 Å². The highest BCUT2D eigenvalue weighted by molar-refractivity contribution is 5.98. The van der Waals surface area contributed by atoms with E-state index in [0.29, 0.717) is 6.10 Å². The van der Waals surface area contributed by atoms with Gasteiger partial charge in [0.05, 0.1) is 6.10 Å². The van der Waals surface area contributed by atoms with E-state index in [9.17, 15) is 0 Å². The minimum absolute atomic E-state index is 0.342. The van der Waals surface area contributed by atoms with Crippen molar-refractivity contribution < 1.29 is 4.43 Å². The van der Waals surface area contributed by atoms with Crippen LogP contribution in [0.25, 0.3) is 0 Å². The van der Waals surface area contributed by atoms with Crippen molar-refractivity contribution in [2.24, 2.45) is 0 Å². The van der Waals surface area contributed by atoms with Gasteiger partial charge in [0.15, 0.2) is 0 Å². The molecule has 1 aromatic rings. The van der Waals surface area contributed by atoms with E-state index in [1.54, 1.807) is 0 Å². The van der Waals surface area contributed by atoms with E-state index >= 15 is 0 Å². The summed E-state index contributed by atoms with van der Waals surface area (Å²) in [6.07, 6.45) is 5.38. The molecule has 0 N–H and O–H groups in total. The van der Waals surface area contributed by atoms with Crippen molar-refractivity contribution in [1.82, 2.24) is 0 Å². The third-order valence-electron chi connectivity index (χ3n) is 2.53. The lowest BCUT2D eigenvalue weighted by molar-refractivity contribution is 0.210. The van der Waals surface area contributed by atoms with Gasteiger partial charge in [0.1, 0.15) is 10.5 Å². The predicted octanol–water partition coefficient (Wildman–Crippen LogP) is 2.61. The number of hydrogen-bond acceptors (Lipinski definition) is 1. The Morgan fingerprint density at radius 3 is 2.50 bits per heavy atom. The Balaban J connectivity index is 2.46. The molecule has 0 heterocycles. The van der Waals surface area contributed by atoms with Crippen LogP contribution in [0, 0.1) is 0 Å². The van der Waals surface area contributed by atoms with Crippen LogP contribution in [0.4, 0.5) is 0 Å². The van der Waals surface area contributed by atoms with E-state index in [0.717, 1.165) is 10.5 Å². The van der Waals surface area contributed by atoms with Gasteiger partial charge in [-0.3, -0.25) is 0 Å². The molecular weight excluding hydrogens is 188 g/mol. The summed E-state index contributed by atoms with van der Waals surface area (Å²) < 4.78 is 5.62. The lowest BCUT2D eigenvalue weighted by Crippen LogP contribution is -2.01. The number of benzene rings is 1. The molecule has 1 atom stereocenters. The van der Waals surface area contributed by atoms with Crippen molar-refractivity contribution in [3.05, 3.63) is 35.9 Å². The van der Waals surface area contributed by atoms with Crippen molar-refractivity contribution in [2.45, 2.75) is 38.7 Å². The van der Waals surface area contributed by atoms with Crippen LogP contribution in [0.2, 0.25) is 0 Å². The Morgan fingerprint density at radius 1 is 1.21 bits per heavy atom. The second-order valence-electron chi connectivity index (χ2n) is 3.63. The van der Waals surface area contributed by atoms with Gasteiger partial charge in [0.2, 0.25) is 0 Å². The molecular formula is C12H20OSi. The summed E-state index contributed by atoms with van der Waals surface area (Å²) in [7, 11) is 0.825. The maximum absolute atomic E-state index is 5.62. The van der Waals surface area contributed by atoms with Crippen molar-refractivity contribution in [2.75, 3.05) is 0 Å². The van der Waals surface area contributed by atoms with E-state index < -0.39 is 0 Å². The molecule has 0 aromatic heterocycles. The summed E-state index contributed by atoms with van der Waals surface area (Å²) in [6.45, 7) is 2.24. The molecule has 0 saturated carbocycles. The van der Waals surface area contributed by atoms with Crippen LogP contribution >= 0.6 is 0 Å². The molecule has 1 aromatic carbocycles. The fraction of sp³-hybridized carbons (Fsp3) is 0.500. The molecule has 0 amide bonds. The number of hydrogen-bond donors (Lipinski definition) is 0. The second kappa shape index (κ2) is 6.79. The minimum Gasteiger partial charge on any atom is -0.421 e. The highest BCUT2D eigenvalue weighted by Crippen LogP contribution is 2.22. The maximum Gasteiger partial charge on any atom is 0.146 e. The van der Waals surface area contributed by atoms with Crippen molar-refractivity contribution in [1.29, 1.82) is 0 Å². The van der Waals surface area contributed by atoms with Gasteiger partial charge in [-0.2, -0.15) is 0 Å². The van der Waals surface area contributed by atoms with Gasteiger partial charge in [-0.05, 0) is 12.0 Å². The summed E-state index contributed by atoms with van der Waals surface area (Å²) in [4.78, 5) is 0. The summed E-state index contributed by atoms with van der Waals surface area (Å²) in [6, 6.07) is 10.5. The van der Waals surface area contributed by atoms with Gasteiger partial charge >= 0.3 is 0 Å². The quantitative estimate of drug-likeness (QED) is 0.516. The largest absolute Gasteiger partial charge is 0.421 e. The van der Waals surface area contributed by atoms with Crippen LogP contribution in [0.3, 0.4) is 0 Å². The van der Waals surface area contributed by atoms with E-state index in [1.807, 2.05) is 0 Å². The van der Waals surface area contributed by atoms with Crippen molar-refractivity contribution in [3.8, 4) is 0 Å². The van der Waals surface area contributed by atoms with E-state index in [-0.39, 0.29) is 0 Å². The normalized spacial score (nSPS) is 12.9. The summed E-state index contributed by atoms with van der Waals surface area (Å²) >= 11 is 0. The standard InChI is InChI=1S/C12H20OSi/c1-2-3-5-10-12(13-14)11-8-6-4-7-9-11/h4,6-9,12H,2-3,5,10H2,1,14H3. The third kappa shape index (κ3) is 3.64. The highest BCUT2D eigenvalue weighted by atomic mass is 28.2. The first-order chi connectivity index (χ1) is 6.88. The topological polar surface area (TPSA) is 9.23 Å². The average molecular weight is 208 g/mol. The van der Waals surface area contributed by atoms with Crippen molar-refractivity contribution >= 4 is 10.5 Å². The third-order valence-corrected chi connectivity index (χ3v) is 3.09. The predicted molar refractivity (Wildman–Crippen MR) is 64.3 cm³/mol. The highest BCUT2D eigenvalue weighted by Gasteiger charge is 2.07. The van der Waals surface area contributed by atoms with E-state index in [4.69, 9.17) is 4.43 Å². The molecule has 0 spiro atoms. The average Bonchev–Trinajstić information content (AvgIpc) is 2.26. The Labute approximate surface area is 90.0 Å². The Kier molecular flexibility index (Phi) is 5.57. The van der Waals surface area contributed by atoms with Gasteiger partial charge in [0, 0.05) is 0 Å². The molecule has 0 fully saturated rings. The monoisotopic (exact) mass is 208 g/mol. The lowest BCUT2D eigenvalue weighted by Gasteiger charge is -2.15. The molecule has 0 aliphatic rings. The molecule has 0 aliphatic carbocycles. The summed E-state index contributed by atoms with van der Waals surface area (Å²) in [5, 5.41) is 0. The molecule has 0 aliphatic heterocycles. The molecule has 1 rings (SSSR count). The fourth-order valence-corrected chi connectivity index (χ4v) is 2.18. The zero-order valence-electron chi connectivity index (χ0n) is 9.20. The lowest BCUT2D eigenvalue weighted by atomic mass is 10.0. The Morgan fingerprint density at radius 2 is 1.93 bits per heavy atom. The maximum atomic E-state index is 5.62. The molecule has 1 nitrogen and oxygen atoms in total. The van der Waals surface area contributed by atoms with E-state index in [2.05, 4.69) is 37.3 Å². The first-order valence-electron chi connectivity index (χ1n) is 5.46. The zero-order chi connectivity index (χ0) is 10.2. The Hall–Kier alpha value is -0.603. The Bertz CT molecular complexity index is 235. The fourth-order valence-electron chi connectivity index (χ4n) is 1.67. The molecule has 0 bridgehead atoms. The first-order valence-corrected chi connectivity index (χ1v) is 6.28. The minimum atomic E-state index is 0.342. The molecule has 0 radical (unpaired) electrons. The van der Waals surface area contributed by atoms with Gasteiger partial charge in [0.25, 0.3) is 0 Å². The SMILES string of the molecule is CCCCCC(O[SiH3])c1ccccc1.